The van der Waals surface area contributed by atoms with Crippen LogP contribution in [0, 0.1) is 11.8 Å². The number of rotatable bonds is 3. The number of hydrogen-bond acceptors (Lipinski definition) is 5. The van der Waals surface area contributed by atoms with E-state index in [-0.39, 0.29) is 39.0 Å². The minimum absolute atomic E-state index is 0.00942. The second kappa shape index (κ2) is 8.27. The van der Waals surface area contributed by atoms with Crippen molar-refractivity contribution in [2.45, 2.75) is 20.3 Å². The lowest BCUT2D eigenvalue weighted by atomic mass is 9.83. The van der Waals surface area contributed by atoms with Gasteiger partial charge in [0.05, 0.1) is 16.1 Å². The minimum atomic E-state index is -0.807. The molecule has 2 aromatic rings. The normalized spacial score (nSPS) is 20.2. The van der Waals surface area contributed by atoms with Crippen LogP contribution in [0.3, 0.4) is 0 Å². The van der Waals surface area contributed by atoms with Gasteiger partial charge in [0.15, 0.2) is 18.2 Å². The highest BCUT2D eigenvalue weighted by Gasteiger charge is 2.33. The molecule has 1 aliphatic carbocycles. The fourth-order valence-corrected chi connectivity index (χ4v) is 4.79. The molecule has 0 radical (unpaired) electrons. The third-order valence-corrected chi connectivity index (χ3v) is 6.19. The minimum Gasteiger partial charge on any atom is -0.452 e. The average Bonchev–Trinajstić information content (AvgIpc) is 2.74. The van der Waals surface area contributed by atoms with Crippen LogP contribution in [0.25, 0.3) is 0 Å². The van der Waals surface area contributed by atoms with Crippen molar-refractivity contribution >= 4 is 35.0 Å². The Kier molecular flexibility index (Phi) is 5.67. The zero-order chi connectivity index (χ0) is 22.3. The highest BCUT2D eigenvalue weighted by molar-refractivity contribution is 6.41. The van der Waals surface area contributed by atoms with E-state index in [4.69, 9.17) is 16.3 Å². The number of hydrogen-bond donors (Lipinski definition) is 0. The number of likely N-dealkylation sites (tertiary alicyclic amines) is 1. The maximum atomic E-state index is 12.9. The van der Waals surface area contributed by atoms with Gasteiger partial charge in [-0.2, -0.15) is 0 Å². The molecule has 0 unspecified atom stereocenters. The van der Waals surface area contributed by atoms with Gasteiger partial charge in [0, 0.05) is 29.8 Å². The Bertz CT molecular complexity index is 1100. The lowest BCUT2D eigenvalue weighted by Gasteiger charge is -2.34. The highest BCUT2D eigenvalue weighted by Crippen LogP contribution is 2.34. The summed E-state index contributed by atoms with van der Waals surface area (Å²) in [5, 5.41) is -0.136. The Balaban J connectivity index is 1.53. The number of carbonyl (C=O) groups excluding carboxylic acids is 4. The fraction of sp³-hybridized carbons (Fsp3) is 0.333. The molecule has 2 aromatic carbocycles. The van der Waals surface area contributed by atoms with E-state index in [9.17, 15) is 19.2 Å². The van der Waals surface area contributed by atoms with Crippen LogP contribution in [0.1, 0.15) is 62.5 Å². The highest BCUT2D eigenvalue weighted by atomic mass is 35.5. The van der Waals surface area contributed by atoms with Crippen LogP contribution >= 0.6 is 11.6 Å². The number of piperidine rings is 1. The van der Waals surface area contributed by atoms with Crippen molar-refractivity contribution in [2.75, 3.05) is 19.7 Å². The van der Waals surface area contributed by atoms with E-state index in [1.165, 1.54) is 12.1 Å². The number of ketones is 2. The molecule has 2 aliphatic rings. The van der Waals surface area contributed by atoms with Gasteiger partial charge in [0.25, 0.3) is 5.91 Å². The van der Waals surface area contributed by atoms with Crippen LogP contribution in [0.5, 0.6) is 0 Å². The Morgan fingerprint density at radius 2 is 1.58 bits per heavy atom. The van der Waals surface area contributed by atoms with E-state index in [0.29, 0.717) is 30.5 Å². The third-order valence-electron chi connectivity index (χ3n) is 5.80. The summed E-state index contributed by atoms with van der Waals surface area (Å²) >= 11 is 6.38. The predicted octanol–water partition coefficient (Wildman–Crippen LogP) is 3.78. The molecule has 1 saturated heterocycles. The van der Waals surface area contributed by atoms with Crippen molar-refractivity contribution < 1.29 is 23.9 Å². The van der Waals surface area contributed by atoms with Gasteiger partial charge >= 0.3 is 5.97 Å². The first kappa shape index (κ1) is 21.2. The molecule has 1 amide bonds. The van der Waals surface area contributed by atoms with Crippen molar-refractivity contribution in [3.05, 3.63) is 69.2 Å². The molecule has 6 nitrogen and oxygen atoms in total. The number of amides is 1. The summed E-state index contributed by atoms with van der Waals surface area (Å²) in [5.41, 5.74) is 0.648. The Labute approximate surface area is 185 Å². The van der Waals surface area contributed by atoms with E-state index in [2.05, 4.69) is 13.8 Å². The van der Waals surface area contributed by atoms with Gasteiger partial charge in [-0.15, -0.1) is 0 Å². The summed E-state index contributed by atoms with van der Waals surface area (Å²) in [5.74, 6) is -1.03. The second-order valence-corrected chi connectivity index (χ2v) is 8.75. The maximum absolute atomic E-state index is 12.9. The largest absolute Gasteiger partial charge is 0.452 e. The molecule has 0 spiro atoms. The number of halogens is 1. The molecule has 1 heterocycles. The van der Waals surface area contributed by atoms with Crippen molar-refractivity contribution in [3.8, 4) is 0 Å². The zero-order valence-corrected chi connectivity index (χ0v) is 18.1. The number of carbonyl (C=O) groups is 4. The predicted molar refractivity (Wildman–Crippen MR) is 115 cm³/mol. The van der Waals surface area contributed by atoms with E-state index >= 15 is 0 Å². The van der Waals surface area contributed by atoms with Crippen molar-refractivity contribution in [2.24, 2.45) is 11.8 Å². The SMILES string of the molecule is C[C@@H]1C[C@@H](C)CN(C(=O)COC(=O)c2ccc3c(c2Cl)C(=O)c2ccccc2C3=O)C1. The molecule has 0 bridgehead atoms. The zero-order valence-electron chi connectivity index (χ0n) is 17.3. The Morgan fingerprint density at radius 3 is 2.23 bits per heavy atom. The monoisotopic (exact) mass is 439 g/mol. The van der Waals surface area contributed by atoms with Gasteiger partial charge < -0.3 is 9.64 Å². The van der Waals surface area contributed by atoms with Crippen LogP contribution in [0.4, 0.5) is 0 Å². The fourth-order valence-electron chi connectivity index (χ4n) is 4.47. The molecule has 4 rings (SSSR count). The van der Waals surface area contributed by atoms with Crippen LogP contribution in [-0.4, -0.2) is 48.0 Å². The first-order valence-electron chi connectivity index (χ1n) is 10.2. The van der Waals surface area contributed by atoms with Crippen LogP contribution < -0.4 is 0 Å². The molecular formula is C24H22ClNO5. The average molecular weight is 440 g/mol. The summed E-state index contributed by atoms with van der Waals surface area (Å²) in [6.07, 6.45) is 1.06. The van der Waals surface area contributed by atoms with E-state index in [0.717, 1.165) is 6.42 Å². The number of esters is 1. The van der Waals surface area contributed by atoms with E-state index in [1.54, 1.807) is 29.2 Å². The first-order chi connectivity index (χ1) is 14.8. The van der Waals surface area contributed by atoms with Gasteiger partial charge in [-0.25, -0.2) is 4.79 Å². The van der Waals surface area contributed by atoms with Gasteiger partial charge in [0.2, 0.25) is 0 Å². The smallest absolute Gasteiger partial charge is 0.340 e. The van der Waals surface area contributed by atoms with Gasteiger partial charge in [-0.1, -0.05) is 49.7 Å². The summed E-state index contributed by atoms with van der Waals surface area (Å²) in [4.78, 5) is 52.5. The van der Waals surface area contributed by atoms with Crippen molar-refractivity contribution in [1.29, 1.82) is 0 Å². The molecule has 0 saturated carbocycles. The van der Waals surface area contributed by atoms with E-state index in [1.807, 2.05) is 0 Å². The van der Waals surface area contributed by atoms with Crippen LogP contribution in [0.2, 0.25) is 5.02 Å². The summed E-state index contributed by atoms with van der Waals surface area (Å²) in [6, 6.07) is 9.25. The van der Waals surface area contributed by atoms with Gasteiger partial charge in [0.1, 0.15) is 0 Å². The lowest BCUT2D eigenvalue weighted by Crippen LogP contribution is -2.44. The lowest BCUT2D eigenvalue weighted by molar-refractivity contribution is -0.137. The maximum Gasteiger partial charge on any atom is 0.340 e. The van der Waals surface area contributed by atoms with Crippen LogP contribution in [0.15, 0.2) is 36.4 Å². The molecule has 1 aliphatic heterocycles. The van der Waals surface area contributed by atoms with Crippen molar-refractivity contribution in [3.63, 3.8) is 0 Å². The van der Waals surface area contributed by atoms with Crippen LogP contribution in [-0.2, 0) is 9.53 Å². The first-order valence-corrected chi connectivity index (χ1v) is 10.6. The molecule has 31 heavy (non-hydrogen) atoms. The van der Waals surface area contributed by atoms with E-state index < -0.39 is 18.4 Å². The van der Waals surface area contributed by atoms with Gasteiger partial charge in [-0.05, 0) is 30.4 Å². The molecule has 7 heteroatoms. The molecular weight excluding hydrogens is 418 g/mol. The quantitative estimate of drug-likeness (QED) is 0.580. The number of ether oxygens (including phenoxy) is 1. The molecule has 0 N–H and O–H groups in total. The summed E-state index contributed by atoms with van der Waals surface area (Å²) in [6.45, 7) is 5.05. The molecule has 1 fully saturated rings. The molecule has 160 valence electrons. The standard InChI is InChI=1S/C24H22ClNO5/c1-13-9-14(2)11-26(10-13)19(27)12-31-24(30)18-8-7-17-20(21(18)25)23(29)16-6-4-3-5-15(16)22(17)28/h3-8,13-14H,9-12H2,1-2H3/t13-,14-/m1/s1. The molecule has 0 aromatic heterocycles. The number of benzene rings is 2. The van der Waals surface area contributed by atoms with Gasteiger partial charge in [-0.3, -0.25) is 14.4 Å². The topological polar surface area (TPSA) is 80.8 Å². The van der Waals surface area contributed by atoms with Crippen molar-refractivity contribution in [1.82, 2.24) is 4.90 Å². The Hall–Kier alpha value is -2.99. The molecule has 2 atom stereocenters. The second-order valence-electron chi connectivity index (χ2n) is 8.37. The number of fused-ring (bicyclic) bond motifs is 2. The summed E-state index contributed by atoms with van der Waals surface area (Å²) < 4.78 is 5.21. The summed E-state index contributed by atoms with van der Waals surface area (Å²) in [7, 11) is 0. The third kappa shape index (κ3) is 3.88. The Morgan fingerprint density at radius 1 is 0.968 bits per heavy atom. The number of nitrogens with zero attached hydrogens (tertiary/aromatic N) is 1.